The maximum Gasteiger partial charge on any atom is 0.376 e. The number of isocyanates is 1. The van der Waals surface area contributed by atoms with Crippen molar-refractivity contribution in [2.45, 2.75) is 26.2 Å². The fourth-order valence-electron chi connectivity index (χ4n) is 1.12. The summed E-state index contributed by atoms with van der Waals surface area (Å²) in [5.41, 5.74) is -0.133. The zero-order valence-electron chi connectivity index (χ0n) is 9.66. The van der Waals surface area contributed by atoms with E-state index in [-0.39, 0.29) is 16.9 Å². The van der Waals surface area contributed by atoms with Gasteiger partial charge in [0.2, 0.25) is 11.8 Å². The third-order valence-corrected chi connectivity index (χ3v) is 1.99. The van der Waals surface area contributed by atoms with Gasteiger partial charge in [-0.3, -0.25) is 0 Å². The molecule has 1 aromatic heterocycles. The van der Waals surface area contributed by atoms with Gasteiger partial charge in [-0.25, -0.2) is 9.59 Å². The molecule has 0 unspecified atom stereocenters. The van der Waals surface area contributed by atoms with E-state index in [0.29, 0.717) is 5.76 Å². The molecule has 16 heavy (non-hydrogen) atoms. The number of hydrogen-bond donors (Lipinski definition) is 0. The Kier molecular flexibility index (Phi) is 3.30. The Labute approximate surface area is 93.1 Å². The Bertz CT molecular complexity index is 447. The quantitative estimate of drug-likeness (QED) is 0.438. The summed E-state index contributed by atoms with van der Waals surface area (Å²) in [6.45, 7) is 5.75. The number of hydrogen-bond acceptors (Lipinski definition) is 5. The normalized spacial score (nSPS) is 10.8. The van der Waals surface area contributed by atoms with Crippen molar-refractivity contribution in [3.63, 3.8) is 0 Å². The number of carbonyl (C=O) groups is 1. The second kappa shape index (κ2) is 4.33. The van der Waals surface area contributed by atoms with E-state index in [4.69, 9.17) is 4.42 Å². The van der Waals surface area contributed by atoms with Crippen molar-refractivity contribution in [1.29, 1.82) is 0 Å². The smallest absolute Gasteiger partial charge is 0.376 e. The van der Waals surface area contributed by atoms with E-state index in [2.05, 4.69) is 9.73 Å². The maximum atomic E-state index is 11.3. The molecule has 0 spiro atoms. The molecule has 5 nitrogen and oxygen atoms in total. The van der Waals surface area contributed by atoms with Crippen LogP contribution in [0.4, 0.5) is 5.69 Å². The highest BCUT2D eigenvalue weighted by molar-refractivity contribution is 5.92. The monoisotopic (exact) mass is 223 g/mol. The van der Waals surface area contributed by atoms with Gasteiger partial charge in [0.25, 0.3) is 0 Å². The number of methoxy groups -OCH3 is 1. The zero-order valence-corrected chi connectivity index (χ0v) is 9.66. The summed E-state index contributed by atoms with van der Waals surface area (Å²) in [6, 6.07) is 1.54. The first-order valence-corrected chi connectivity index (χ1v) is 4.70. The number of furan rings is 1. The molecular formula is C11H13NO4. The van der Waals surface area contributed by atoms with Crippen LogP contribution < -0.4 is 0 Å². The Morgan fingerprint density at radius 2 is 2.12 bits per heavy atom. The van der Waals surface area contributed by atoms with Crippen LogP contribution in [0.3, 0.4) is 0 Å². The number of esters is 1. The zero-order chi connectivity index (χ0) is 12.3. The summed E-state index contributed by atoms with van der Waals surface area (Å²) in [5, 5.41) is 0. The van der Waals surface area contributed by atoms with Crippen molar-refractivity contribution in [2.75, 3.05) is 7.11 Å². The molecule has 5 heteroatoms. The molecule has 0 aliphatic heterocycles. The minimum absolute atomic E-state index is 0.0734. The number of aliphatic imine (C=N–C) groups is 1. The highest BCUT2D eigenvalue weighted by Crippen LogP contribution is 2.32. The lowest BCUT2D eigenvalue weighted by Crippen LogP contribution is -2.09. The first-order chi connectivity index (χ1) is 7.40. The molecule has 1 heterocycles. The highest BCUT2D eigenvalue weighted by Gasteiger charge is 2.25. The van der Waals surface area contributed by atoms with Gasteiger partial charge in [0, 0.05) is 11.5 Å². The van der Waals surface area contributed by atoms with E-state index < -0.39 is 5.97 Å². The first-order valence-electron chi connectivity index (χ1n) is 4.70. The molecular weight excluding hydrogens is 210 g/mol. The van der Waals surface area contributed by atoms with E-state index >= 15 is 0 Å². The van der Waals surface area contributed by atoms with Gasteiger partial charge >= 0.3 is 5.97 Å². The SMILES string of the molecule is COC(=O)c1oc(C(C)(C)C)cc1N=C=O. The molecule has 0 fully saturated rings. The summed E-state index contributed by atoms with van der Waals surface area (Å²) in [4.78, 5) is 25.0. The van der Waals surface area contributed by atoms with Crippen LogP contribution in [-0.2, 0) is 14.9 Å². The topological polar surface area (TPSA) is 68.9 Å². The highest BCUT2D eigenvalue weighted by atomic mass is 16.5. The minimum atomic E-state index is -0.662. The van der Waals surface area contributed by atoms with Gasteiger partial charge in [0.05, 0.1) is 7.11 Å². The van der Waals surface area contributed by atoms with Gasteiger partial charge < -0.3 is 9.15 Å². The third-order valence-electron chi connectivity index (χ3n) is 1.99. The van der Waals surface area contributed by atoms with E-state index in [1.807, 2.05) is 20.8 Å². The van der Waals surface area contributed by atoms with Crippen LogP contribution >= 0.6 is 0 Å². The Morgan fingerprint density at radius 3 is 2.56 bits per heavy atom. The van der Waals surface area contributed by atoms with Crippen LogP contribution in [0.2, 0.25) is 0 Å². The summed E-state index contributed by atoms with van der Waals surface area (Å²) in [5.74, 6) is -0.179. The van der Waals surface area contributed by atoms with Crippen LogP contribution in [0.15, 0.2) is 15.5 Å². The Morgan fingerprint density at radius 1 is 1.50 bits per heavy atom. The summed E-state index contributed by atoms with van der Waals surface area (Å²) in [6.07, 6.45) is 1.38. The van der Waals surface area contributed by atoms with E-state index in [0.717, 1.165) is 0 Å². The summed E-state index contributed by atoms with van der Waals surface area (Å²) in [7, 11) is 1.23. The molecule has 0 saturated carbocycles. The minimum Gasteiger partial charge on any atom is -0.463 e. The Hall–Kier alpha value is -1.87. The van der Waals surface area contributed by atoms with Gasteiger partial charge in [-0.2, -0.15) is 4.99 Å². The van der Waals surface area contributed by atoms with Gasteiger partial charge in [0.1, 0.15) is 11.4 Å². The van der Waals surface area contributed by atoms with Crippen LogP contribution in [-0.4, -0.2) is 19.2 Å². The molecule has 1 aromatic rings. The standard InChI is InChI=1S/C11H13NO4/c1-11(2,3)8-5-7(12-6-13)9(16-8)10(14)15-4/h5H,1-4H3. The van der Waals surface area contributed by atoms with Gasteiger partial charge in [0.15, 0.2) is 0 Å². The summed E-state index contributed by atoms with van der Waals surface area (Å²) >= 11 is 0. The molecule has 0 aliphatic rings. The molecule has 0 bridgehead atoms. The van der Waals surface area contributed by atoms with Gasteiger partial charge in [-0.1, -0.05) is 20.8 Å². The molecule has 1 rings (SSSR count). The molecule has 0 N–H and O–H groups in total. The predicted molar refractivity (Wildman–Crippen MR) is 56.5 cm³/mol. The van der Waals surface area contributed by atoms with Crippen LogP contribution in [0.5, 0.6) is 0 Å². The fraction of sp³-hybridized carbons (Fsp3) is 0.455. The molecule has 0 radical (unpaired) electrons. The van der Waals surface area contributed by atoms with Crippen LogP contribution in [0.25, 0.3) is 0 Å². The lowest BCUT2D eigenvalue weighted by Gasteiger charge is -2.13. The van der Waals surface area contributed by atoms with E-state index in [1.54, 1.807) is 0 Å². The maximum absolute atomic E-state index is 11.3. The molecule has 0 aliphatic carbocycles. The predicted octanol–water partition coefficient (Wildman–Crippen LogP) is 2.33. The molecule has 86 valence electrons. The average molecular weight is 223 g/mol. The number of ether oxygens (including phenoxy) is 1. The van der Waals surface area contributed by atoms with Gasteiger partial charge in [-0.05, 0) is 0 Å². The van der Waals surface area contributed by atoms with Crippen LogP contribution in [0.1, 0.15) is 37.1 Å². The van der Waals surface area contributed by atoms with Crippen LogP contribution in [0, 0.1) is 0 Å². The number of carbonyl (C=O) groups excluding carboxylic acids is 2. The largest absolute Gasteiger partial charge is 0.463 e. The van der Waals surface area contributed by atoms with Crippen molar-refractivity contribution < 1.29 is 18.7 Å². The Balaban J connectivity index is 3.31. The van der Waals surface area contributed by atoms with Crippen molar-refractivity contribution in [3.05, 3.63) is 17.6 Å². The third kappa shape index (κ3) is 2.38. The van der Waals surface area contributed by atoms with Crippen molar-refractivity contribution in [2.24, 2.45) is 4.99 Å². The number of rotatable bonds is 2. The van der Waals surface area contributed by atoms with E-state index in [9.17, 15) is 9.59 Å². The molecule has 0 saturated heterocycles. The second-order valence-corrected chi connectivity index (χ2v) is 4.27. The van der Waals surface area contributed by atoms with E-state index in [1.165, 1.54) is 19.3 Å². The van der Waals surface area contributed by atoms with Gasteiger partial charge in [-0.15, -0.1) is 0 Å². The molecule has 0 aromatic carbocycles. The number of nitrogens with zero attached hydrogens (tertiary/aromatic N) is 1. The lowest BCUT2D eigenvalue weighted by molar-refractivity contribution is 0.0562. The molecule has 0 atom stereocenters. The summed E-state index contributed by atoms with van der Waals surface area (Å²) < 4.78 is 9.86. The van der Waals surface area contributed by atoms with Crippen molar-refractivity contribution in [3.8, 4) is 0 Å². The lowest BCUT2D eigenvalue weighted by atomic mass is 9.93. The van der Waals surface area contributed by atoms with Crippen molar-refractivity contribution in [1.82, 2.24) is 0 Å². The first kappa shape index (κ1) is 12.2. The fourth-order valence-corrected chi connectivity index (χ4v) is 1.12. The second-order valence-electron chi connectivity index (χ2n) is 4.27. The van der Waals surface area contributed by atoms with Crippen molar-refractivity contribution >= 4 is 17.7 Å². The molecule has 0 amide bonds. The average Bonchev–Trinajstić information content (AvgIpc) is 2.61.